The maximum absolute atomic E-state index is 13.4. The molecule has 2 aliphatic heterocycles. The standard InChI is InChI=1S/C21H22N2O3S/c1-12(2)14-11-15(13(3)10-17(14)24)22-20(26)21-9-8-19(25)23(21)16-6-4-5-7-18(16)27-21/h4-7,10-12,24H,8-9H2,1-3H3,(H,22,26)/t21-/m0/s1. The predicted molar refractivity (Wildman–Crippen MR) is 107 cm³/mol. The summed E-state index contributed by atoms with van der Waals surface area (Å²) in [5.74, 6) is 0.152. The molecule has 2 amide bonds. The Balaban J connectivity index is 1.70. The van der Waals surface area contributed by atoms with Gasteiger partial charge < -0.3 is 10.4 Å². The monoisotopic (exact) mass is 382 g/mol. The van der Waals surface area contributed by atoms with Gasteiger partial charge in [-0.15, -0.1) is 0 Å². The number of thioether (sulfide) groups is 1. The molecule has 0 aliphatic carbocycles. The van der Waals surface area contributed by atoms with Crippen LogP contribution >= 0.6 is 11.8 Å². The van der Waals surface area contributed by atoms with E-state index in [0.717, 1.165) is 21.7 Å². The molecule has 1 fully saturated rings. The highest BCUT2D eigenvalue weighted by Gasteiger charge is 2.57. The molecule has 0 radical (unpaired) electrons. The molecule has 2 aromatic rings. The lowest BCUT2D eigenvalue weighted by atomic mass is 9.99. The molecule has 2 aliphatic rings. The summed E-state index contributed by atoms with van der Waals surface area (Å²) in [6, 6.07) is 11.2. The second-order valence-electron chi connectivity index (χ2n) is 7.42. The summed E-state index contributed by atoms with van der Waals surface area (Å²) < 4.78 is 0. The molecular formula is C21H22N2O3S. The second-order valence-corrected chi connectivity index (χ2v) is 8.74. The number of carbonyl (C=O) groups is 2. The zero-order valence-corrected chi connectivity index (χ0v) is 16.4. The third-order valence-corrected chi connectivity index (χ3v) is 6.75. The summed E-state index contributed by atoms with van der Waals surface area (Å²) in [5.41, 5.74) is 3.06. The van der Waals surface area contributed by atoms with Crippen molar-refractivity contribution in [3.8, 4) is 5.75 Å². The van der Waals surface area contributed by atoms with Gasteiger partial charge in [0.05, 0.1) is 5.69 Å². The van der Waals surface area contributed by atoms with Crippen LogP contribution in [0, 0.1) is 6.92 Å². The van der Waals surface area contributed by atoms with Crippen molar-refractivity contribution in [1.82, 2.24) is 0 Å². The van der Waals surface area contributed by atoms with Gasteiger partial charge in [-0.25, -0.2) is 0 Å². The first-order valence-electron chi connectivity index (χ1n) is 9.09. The van der Waals surface area contributed by atoms with Gasteiger partial charge in [0.25, 0.3) is 5.91 Å². The van der Waals surface area contributed by atoms with E-state index in [1.165, 1.54) is 11.8 Å². The quantitative estimate of drug-likeness (QED) is 0.773. The fraction of sp³-hybridized carbons (Fsp3) is 0.333. The summed E-state index contributed by atoms with van der Waals surface area (Å²) in [6.07, 6.45) is 0.839. The maximum atomic E-state index is 13.4. The van der Waals surface area contributed by atoms with Gasteiger partial charge in [-0.1, -0.05) is 37.7 Å². The largest absolute Gasteiger partial charge is 0.508 e. The van der Waals surface area contributed by atoms with Crippen LogP contribution < -0.4 is 10.2 Å². The first kappa shape index (κ1) is 17.9. The van der Waals surface area contributed by atoms with E-state index >= 15 is 0 Å². The molecule has 0 bridgehead atoms. The molecule has 1 saturated heterocycles. The smallest absolute Gasteiger partial charge is 0.261 e. The fourth-order valence-corrected chi connectivity index (χ4v) is 5.24. The van der Waals surface area contributed by atoms with E-state index in [4.69, 9.17) is 0 Å². The summed E-state index contributed by atoms with van der Waals surface area (Å²) in [7, 11) is 0. The van der Waals surface area contributed by atoms with Crippen molar-refractivity contribution in [3.63, 3.8) is 0 Å². The minimum Gasteiger partial charge on any atom is -0.508 e. The highest BCUT2D eigenvalue weighted by molar-refractivity contribution is 8.02. The number of nitrogens with one attached hydrogen (secondary N) is 1. The van der Waals surface area contributed by atoms with Crippen molar-refractivity contribution in [2.75, 3.05) is 10.2 Å². The third kappa shape index (κ3) is 2.70. The van der Waals surface area contributed by atoms with Gasteiger partial charge in [-0.3, -0.25) is 14.5 Å². The molecule has 27 heavy (non-hydrogen) atoms. The molecule has 6 heteroatoms. The summed E-state index contributed by atoms with van der Waals surface area (Å²) in [5, 5.41) is 13.2. The zero-order valence-electron chi connectivity index (χ0n) is 15.6. The highest BCUT2D eigenvalue weighted by Crippen LogP contribution is 2.56. The molecular weight excluding hydrogens is 360 g/mol. The molecule has 2 heterocycles. The van der Waals surface area contributed by atoms with Crippen molar-refractivity contribution in [2.24, 2.45) is 0 Å². The number of phenolic OH excluding ortho intramolecular Hbond substituents is 1. The van der Waals surface area contributed by atoms with Crippen LogP contribution in [0.5, 0.6) is 5.75 Å². The molecule has 4 rings (SSSR count). The van der Waals surface area contributed by atoms with Crippen molar-refractivity contribution in [3.05, 3.63) is 47.5 Å². The van der Waals surface area contributed by atoms with Crippen molar-refractivity contribution < 1.29 is 14.7 Å². The fourth-order valence-electron chi connectivity index (χ4n) is 3.83. The Bertz CT molecular complexity index is 956. The molecule has 1 atom stereocenters. The molecule has 2 aromatic carbocycles. The third-order valence-electron chi connectivity index (χ3n) is 5.27. The minimum absolute atomic E-state index is 0.0205. The van der Waals surface area contributed by atoms with E-state index in [1.54, 1.807) is 11.0 Å². The molecule has 5 nitrogen and oxygen atoms in total. The number of para-hydroxylation sites is 1. The van der Waals surface area contributed by atoms with E-state index in [1.807, 2.05) is 51.1 Å². The van der Waals surface area contributed by atoms with Crippen molar-refractivity contribution in [2.45, 2.75) is 49.3 Å². The van der Waals surface area contributed by atoms with E-state index in [9.17, 15) is 14.7 Å². The Labute approximate surface area is 162 Å². The van der Waals surface area contributed by atoms with Gasteiger partial charge in [0.1, 0.15) is 5.75 Å². The number of carbonyl (C=O) groups excluding carboxylic acids is 2. The number of amides is 2. The van der Waals surface area contributed by atoms with Crippen LogP contribution in [0.2, 0.25) is 0 Å². The summed E-state index contributed by atoms with van der Waals surface area (Å²) in [4.78, 5) is 27.6. The zero-order chi connectivity index (χ0) is 19.3. The topological polar surface area (TPSA) is 69.6 Å². The lowest BCUT2D eigenvalue weighted by Gasteiger charge is -2.30. The minimum atomic E-state index is -0.941. The number of phenols is 1. The number of anilines is 2. The lowest BCUT2D eigenvalue weighted by Crippen LogP contribution is -2.49. The van der Waals surface area contributed by atoms with Crippen LogP contribution in [-0.2, 0) is 9.59 Å². The average molecular weight is 382 g/mol. The lowest BCUT2D eigenvalue weighted by molar-refractivity contribution is -0.121. The first-order valence-corrected chi connectivity index (χ1v) is 9.91. The Kier molecular flexibility index (Phi) is 4.18. The number of aryl methyl sites for hydroxylation is 1. The van der Waals surface area contributed by atoms with E-state index in [0.29, 0.717) is 18.5 Å². The molecule has 0 saturated carbocycles. The van der Waals surface area contributed by atoms with E-state index in [-0.39, 0.29) is 23.5 Å². The van der Waals surface area contributed by atoms with E-state index in [2.05, 4.69) is 5.32 Å². The number of aromatic hydroxyl groups is 1. The predicted octanol–water partition coefficient (Wildman–Crippen LogP) is 4.39. The normalized spacial score (nSPS) is 20.7. The van der Waals surface area contributed by atoms with Gasteiger partial charge in [-0.05, 0) is 54.7 Å². The van der Waals surface area contributed by atoms with Gasteiger partial charge in [0.15, 0.2) is 4.87 Å². The average Bonchev–Trinajstić information content (AvgIpc) is 3.13. The van der Waals surface area contributed by atoms with Crippen LogP contribution in [0.3, 0.4) is 0 Å². The molecule has 0 aromatic heterocycles. The summed E-state index contributed by atoms with van der Waals surface area (Å²) >= 11 is 1.45. The Morgan fingerprint density at radius 2 is 2.04 bits per heavy atom. The van der Waals surface area contributed by atoms with Gasteiger partial charge in [0.2, 0.25) is 5.91 Å². The van der Waals surface area contributed by atoms with Gasteiger partial charge in [-0.2, -0.15) is 0 Å². The summed E-state index contributed by atoms with van der Waals surface area (Å²) in [6.45, 7) is 5.84. The Morgan fingerprint density at radius 1 is 1.30 bits per heavy atom. The molecule has 140 valence electrons. The van der Waals surface area contributed by atoms with Crippen LogP contribution in [0.15, 0.2) is 41.3 Å². The first-order chi connectivity index (χ1) is 12.8. The van der Waals surface area contributed by atoms with E-state index < -0.39 is 4.87 Å². The molecule has 0 unspecified atom stereocenters. The second kappa shape index (κ2) is 6.30. The highest BCUT2D eigenvalue weighted by atomic mass is 32.2. The van der Waals surface area contributed by atoms with Crippen molar-refractivity contribution >= 4 is 35.0 Å². The maximum Gasteiger partial charge on any atom is 0.261 e. The van der Waals surface area contributed by atoms with Crippen LogP contribution in [-0.4, -0.2) is 21.8 Å². The number of fused-ring (bicyclic) bond motifs is 3. The van der Waals surface area contributed by atoms with Crippen LogP contribution in [0.25, 0.3) is 0 Å². The molecule has 0 spiro atoms. The van der Waals surface area contributed by atoms with Crippen LogP contribution in [0.1, 0.15) is 43.7 Å². The number of benzene rings is 2. The van der Waals surface area contributed by atoms with Crippen molar-refractivity contribution in [1.29, 1.82) is 0 Å². The SMILES string of the molecule is Cc1cc(O)c(C(C)C)cc1NC(=O)[C@@]12CCC(=O)N1c1ccccc1S2. The number of rotatable bonds is 3. The molecule has 2 N–H and O–H groups in total. The number of hydrogen-bond acceptors (Lipinski definition) is 4. The number of hydrogen-bond donors (Lipinski definition) is 2. The van der Waals surface area contributed by atoms with Gasteiger partial charge >= 0.3 is 0 Å². The van der Waals surface area contributed by atoms with Crippen LogP contribution in [0.4, 0.5) is 11.4 Å². The Hall–Kier alpha value is -2.47. The Morgan fingerprint density at radius 3 is 2.78 bits per heavy atom. The number of nitrogens with zero attached hydrogens (tertiary/aromatic N) is 1. The van der Waals surface area contributed by atoms with Gasteiger partial charge in [0, 0.05) is 17.0 Å².